The molecule has 11 heteroatoms. The molecule has 0 atom stereocenters. The molecule has 29 heavy (non-hydrogen) atoms. The summed E-state index contributed by atoms with van der Waals surface area (Å²) >= 11 is 13.4. The first kappa shape index (κ1) is 19.6. The average Bonchev–Trinajstić information content (AvgIpc) is 3.28. The molecule has 0 aliphatic heterocycles. The van der Waals surface area contributed by atoms with Gasteiger partial charge in [-0.15, -0.1) is 11.3 Å². The van der Waals surface area contributed by atoms with Crippen molar-refractivity contribution in [1.82, 2.24) is 24.3 Å². The number of halogens is 2. The minimum Gasteiger partial charge on any atom is -0.302 e. The number of carbonyl (C=O) groups is 1. The molecule has 0 unspecified atom stereocenters. The quantitative estimate of drug-likeness (QED) is 0.503. The van der Waals surface area contributed by atoms with Gasteiger partial charge in [0.15, 0.2) is 10.8 Å². The molecule has 4 aromatic rings. The van der Waals surface area contributed by atoms with Gasteiger partial charge in [-0.2, -0.15) is 5.10 Å². The smallest absolute Gasteiger partial charge is 0.264 e. The van der Waals surface area contributed by atoms with Crippen molar-refractivity contribution in [1.29, 1.82) is 0 Å². The van der Waals surface area contributed by atoms with Crippen molar-refractivity contribution in [3.63, 3.8) is 0 Å². The fourth-order valence-corrected chi connectivity index (χ4v) is 4.01. The van der Waals surface area contributed by atoms with Gasteiger partial charge in [0.1, 0.15) is 5.39 Å². The van der Waals surface area contributed by atoms with Gasteiger partial charge in [-0.05, 0) is 18.2 Å². The second kappa shape index (κ2) is 7.94. The van der Waals surface area contributed by atoms with E-state index in [4.69, 9.17) is 23.2 Å². The lowest BCUT2D eigenvalue weighted by Gasteiger charge is -2.05. The number of benzene rings is 1. The summed E-state index contributed by atoms with van der Waals surface area (Å²) < 4.78 is 2.92. The fraction of sp³-hybridized carbons (Fsp3) is 0.167. The second-order valence-corrected chi connectivity index (χ2v) is 7.91. The lowest BCUT2D eigenvalue weighted by atomic mass is 10.2. The van der Waals surface area contributed by atoms with Gasteiger partial charge >= 0.3 is 0 Å². The number of anilines is 1. The van der Waals surface area contributed by atoms with Crippen LogP contribution in [0.3, 0.4) is 0 Å². The third-order valence-electron chi connectivity index (χ3n) is 4.26. The number of hydrogen-bond donors (Lipinski definition) is 1. The molecule has 0 radical (unpaired) electrons. The van der Waals surface area contributed by atoms with Gasteiger partial charge in [0.05, 0.1) is 23.2 Å². The van der Waals surface area contributed by atoms with Gasteiger partial charge < -0.3 is 5.32 Å². The largest absolute Gasteiger partial charge is 0.302 e. The number of nitrogens with zero attached hydrogens (tertiary/aromatic N) is 5. The van der Waals surface area contributed by atoms with E-state index in [0.29, 0.717) is 31.9 Å². The van der Waals surface area contributed by atoms with Gasteiger partial charge in [0.2, 0.25) is 5.91 Å². The molecule has 0 spiro atoms. The van der Waals surface area contributed by atoms with Crippen LogP contribution in [0.25, 0.3) is 22.3 Å². The fourth-order valence-electron chi connectivity index (χ4n) is 2.78. The summed E-state index contributed by atoms with van der Waals surface area (Å²) in [6, 6.07) is 5.14. The number of aryl methyl sites for hydroxylation is 2. The summed E-state index contributed by atoms with van der Waals surface area (Å²) in [5.74, 6) is -0.258. The van der Waals surface area contributed by atoms with E-state index in [1.54, 1.807) is 30.6 Å². The lowest BCUT2D eigenvalue weighted by Crippen LogP contribution is -2.23. The average molecular weight is 449 g/mol. The van der Waals surface area contributed by atoms with Crippen molar-refractivity contribution in [2.45, 2.75) is 13.0 Å². The van der Waals surface area contributed by atoms with Gasteiger partial charge in [0.25, 0.3) is 5.56 Å². The molecule has 0 saturated heterocycles. The summed E-state index contributed by atoms with van der Waals surface area (Å²) in [5, 5.41) is 10.5. The van der Waals surface area contributed by atoms with Crippen LogP contribution in [0.15, 0.2) is 40.9 Å². The number of carbonyl (C=O) groups excluding carboxylic acids is 1. The van der Waals surface area contributed by atoms with E-state index >= 15 is 0 Å². The monoisotopic (exact) mass is 448 g/mol. The Kier molecular flexibility index (Phi) is 5.35. The van der Waals surface area contributed by atoms with Gasteiger partial charge in [-0.3, -0.25) is 18.8 Å². The Labute approximate surface area is 178 Å². The summed E-state index contributed by atoms with van der Waals surface area (Å²) in [6.07, 6.45) is 2.99. The van der Waals surface area contributed by atoms with E-state index in [-0.39, 0.29) is 24.4 Å². The number of aromatic nitrogens is 5. The predicted octanol–water partition coefficient (Wildman–Crippen LogP) is 3.59. The van der Waals surface area contributed by atoms with E-state index in [9.17, 15) is 9.59 Å². The standard InChI is InChI=1S/C18H14Cl2N6O2S/c1-25-16-12(7-22-25)17(28)26(9-21-16)5-4-15(27)24-18-23-14(8-29-18)11-3-2-10(19)6-13(11)20/h2-3,6-9H,4-5H2,1H3,(H,23,24,27). The minimum atomic E-state index is -0.258. The van der Waals surface area contributed by atoms with Crippen LogP contribution in [0.4, 0.5) is 5.13 Å². The molecule has 8 nitrogen and oxygen atoms in total. The molecule has 0 aliphatic rings. The zero-order chi connectivity index (χ0) is 20.5. The summed E-state index contributed by atoms with van der Waals surface area (Å²) in [6.45, 7) is 0.198. The van der Waals surface area contributed by atoms with E-state index in [0.717, 1.165) is 5.56 Å². The Bertz CT molecular complexity index is 1280. The summed E-state index contributed by atoms with van der Waals surface area (Å²) in [5.41, 5.74) is 1.65. The van der Waals surface area contributed by atoms with Crippen LogP contribution in [0.1, 0.15) is 6.42 Å². The molecule has 0 aliphatic carbocycles. The highest BCUT2D eigenvalue weighted by atomic mass is 35.5. The minimum absolute atomic E-state index is 0.101. The second-order valence-electron chi connectivity index (χ2n) is 6.21. The Hall–Kier alpha value is -2.75. The zero-order valence-electron chi connectivity index (χ0n) is 15.1. The van der Waals surface area contributed by atoms with Crippen LogP contribution in [-0.2, 0) is 18.4 Å². The molecule has 148 valence electrons. The predicted molar refractivity (Wildman–Crippen MR) is 114 cm³/mol. The summed E-state index contributed by atoms with van der Waals surface area (Å²) in [4.78, 5) is 33.3. The Balaban J connectivity index is 1.42. The first-order chi connectivity index (χ1) is 13.9. The van der Waals surface area contributed by atoms with Crippen LogP contribution in [0.5, 0.6) is 0 Å². The van der Waals surface area contributed by atoms with Crippen LogP contribution in [0, 0.1) is 0 Å². The summed E-state index contributed by atoms with van der Waals surface area (Å²) in [7, 11) is 1.71. The van der Waals surface area contributed by atoms with Crippen molar-refractivity contribution < 1.29 is 4.79 Å². The Morgan fingerprint density at radius 2 is 2.14 bits per heavy atom. The zero-order valence-corrected chi connectivity index (χ0v) is 17.4. The first-order valence-electron chi connectivity index (χ1n) is 8.50. The van der Waals surface area contributed by atoms with Crippen molar-refractivity contribution in [2.24, 2.45) is 7.05 Å². The van der Waals surface area contributed by atoms with Gasteiger partial charge in [-0.25, -0.2) is 9.97 Å². The van der Waals surface area contributed by atoms with Gasteiger partial charge in [-0.1, -0.05) is 23.2 Å². The first-order valence-corrected chi connectivity index (χ1v) is 10.1. The Morgan fingerprint density at radius 3 is 2.93 bits per heavy atom. The number of fused-ring (bicyclic) bond motifs is 1. The number of thiazole rings is 1. The highest BCUT2D eigenvalue weighted by molar-refractivity contribution is 7.14. The SMILES string of the molecule is Cn1ncc2c(=O)n(CCC(=O)Nc3nc(-c4ccc(Cl)cc4Cl)cs3)cnc21. The van der Waals surface area contributed by atoms with Crippen LogP contribution < -0.4 is 10.9 Å². The number of hydrogen-bond acceptors (Lipinski definition) is 6. The molecule has 3 heterocycles. The molecule has 1 amide bonds. The lowest BCUT2D eigenvalue weighted by molar-refractivity contribution is -0.116. The normalized spacial score (nSPS) is 11.1. The number of amides is 1. The van der Waals surface area contributed by atoms with Crippen molar-refractivity contribution in [3.05, 3.63) is 56.5 Å². The third kappa shape index (κ3) is 4.02. The molecular formula is C18H14Cl2N6O2S. The Morgan fingerprint density at radius 1 is 1.31 bits per heavy atom. The van der Waals surface area contributed by atoms with Crippen LogP contribution in [-0.4, -0.2) is 30.2 Å². The molecule has 1 N–H and O–H groups in total. The molecule has 3 aromatic heterocycles. The highest BCUT2D eigenvalue weighted by Gasteiger charge is 2.12. The third-order valence-corrected chi connectivity index (χ3v) is 5.56. The van der Waals surface area contributed by atoms with E-state index in [1.165, 1.54) is 33.1 Å². The number of rotatable bonds is 5. The van der Waals surface area contributed by atoms with Crippen molar-refractivity contribution in [3.8, 4) is 11.3 Å². The van der Waals surface area contributed by atoms with Crippen molar-refractivity contribution >= 4 is 56.6 Å². The number of nitrogens with one attached hydrogen (secondary N) is 1. The van der Waals surface area contributed by atoms with Gasteiger partial charge in [0, 0.05) is 36.0 Å². The maximum atomic E-state index is 12.4. The topological polar surface area (TPSA) is 94.7 Å². The van der Waals surface area contributed by atoms with Crippen LogP contribution in [0.2, 0.25) is 10.0 Å². The van der Waals surface area contributed by atoms with E-state index < -0.39 is 0 Å². The molecule has 0 saturated carbocycles. The maximum absolute atomic E-state index is 12.4. The van der Waals surface area contributed by atoms with E-state index in [2.05, 4.69) is 20.4 Å². The van der Waals surface area contributed by atoms with Crippen molar-refractivity contribution in [2.75, 3.05) is 5.32 Å². The molecule has 1 aromatic carbocycles. The van der Waals surface area contributed by atoms with E-state index in [1.807, 2.05) is 0 Å². The molecule has 0 bridgehead atoms. The highest BCUT2D eigenvalue weighted by Crippen LogP contribution is 2.32. The molecule has 4 rings (SSSR count). The molecular weight excluding hydrogens is 435 g/mol. The van der Waals surface area contributed by atoms with Crippen LogP contribution >= 0.6 is 34.5 Å². The molecule has 0 fully saturated rings. The maximum Gasteiger partial charge on any atom is 0.264 e.